The molecule has 0 heterocycles. The van der Waals surface area contributed by atoms with Crippen LogP contribution in [0.1, 0.15) is 0 Å². The van der Waals surface area contributed by atoms with E-state index in [0.29, 0.717) is 0 Å². The second-order valence-electron chi connectivity index (χ2n) is 3.79. The van der Waals surface area contributed by atoms with Gasteiger partial charge in [0, 0.05) is 19.8 Å². The van der Waals surface area contributed by atoms with Gasteiger partial charge in [0.1, 0.15) is 5.82 Å². The number of hydrogen-bond acceptors (Lipinski definition) is 3. The van der Waals surface area contributed by atoms with E-state index in [1.807, 2.05) is 0 Å². The first-order chi connectivity index (χ1) is 8.72. The van der Waals surface area contributed by atoms with E-state index in [-0.39, 0.29) is 10.7 Å². The smallest absolute Gasteiger partial charge is 0.279 e. The third-order valence-electron chi connectivity index (χ3n) is 2.10. The summed E-state index contributed by atoms with van der Waals surface area (Å²) in [4.78, 5) is 11.5. The fourth-order valence-corrected chi connectivity index (χ4v) is 1.82. The van der Waals surface area contributed by atoms with Gasteiger partial charge in [-0.15, -0.1) is 0 Å². The maximum absolute atomic E-state index is 12.9. The van der Waals surface area contributed by atoms with Crippen molar-refractivity contribution in [3.8, 4) is 0 Å². The molecule has 0 saturated carbocycles. The predicted molar refractivity (Wildman–Crippen MR) is 70.6 cm³/mol. The molecule has 0 bridgehead atoms. The topological polar surface area (TPSA) is 78.5 Å². The van der Waals surface area contributed by atoms with Crippen LogP contribution in [0.5, 0.6) is 0 Å². The van der Waals surface area contributed by atoms with Crippen LogP contribution in [0, 0.1) is 5.82 Å². The summed E-state index contributed by atoms with van der Waals surface area (Å²) in [5.41, 5.74) is 0.278. The van der Waals surface area contributed by atoms with Crippen molar-refractivity contribution in [2.24, 2.45) is 0 Å². The summed E-state index contributed by atoms with van der Waals surface area (Å²) in [6, 6.07) is 3.65. The van der Waals surface area contributed by atoms with E-state index in [9.17, 15) is 17.6 Å². The first-order valence-corrected chi connectivity index (χ1v) is 6.96. The van der Waals surface area contributed by atoms with Crippen LogP contribution in [0.25, 0.3) is 0 Å². The maximum Gasteiger partial charge on any atom is 0.279 e. The lowest BCUT2D eigenvalue weighted by molar-refractivity contribution is -0.115. The first kappa shape index (κ1) is 15.8. The fraction of sp³-hybridized carbons (Fsp3) is 0.300. The number of halogens is 2. The quantitative estimate of drug-likeness (QED) is 0.845. The lowest BCUT2D eigenvalue weighted by Crippen LogP contribution is -2.40. The van der Waals surface area contributed by atoms with Gasteiger partial charge in [0.15, 0.2) is 0 Å². The monoisotopic (exact) mass is 309 g/mol. The van der Waals surface area contributed by atoms with Crippen molar-refractivity contribution in [1.82, 2.24) is 9.03 Å². The Hall–Kier alpha value is -1.22. The molecule has 1 aromatic carbocycles. The minimum atomic E-state index is -3.66. The van der Waals surface area contributed by atoms with Crippen LogP contribution in [0.15, 0.2) is 18.2 Å². The minimum absolute atomic E-state index is 0.133. The van der Waals surface area contributed by atoms with E-state index in [4.69, 9.17) is 11.6 Å². The minimum Gasteiger partial charge on any atom is -0.325 e. The molecule has 9 heteroatoms. The zero-order chi connectivity index (χ0) is 14.6. The van der Waals surface area contributed by atoms with E-state index in [1.165, 1.54) is 26.2 Å². The molecule has 2 N–H and O–H groups in total. The van der Waals surface area contributed by atoms with Gasteiger partial charge in [-0.05, 0) is 18.2 Å². The average Bonchev–Trinajstić information content (AvgIpc) is 2.31. The number of carbonyl (C=O) groups excluding carboxylic acids is 1. The molecule has 6 nitrogen and oxygen atoms in total. The van der Waals surface area contributed by atoms with Crippen molar-refractivity contribution < 1.29 is 17.6 Å². The Morgan fingerprint density at radius 1 is 1.42 bits per heavy atom. The number of anilines is 1. The highest BCUT2D eigenvalue weighted by molar-refractivity contribution is 7.87. The maximum atomic E-state index is 12.9. The third-order valence-corrected chi connectivity index (χ3v) is 3.86. The van der Waals surface area contributed by atoms with Crippen molar-refractivity contribution in [3.05, 3.63) is 29.0 Å². The van der Waals surface area contributed by atoms with Crippen LogP contribution >= 0.6 is 11.6 Å². The largest absolute Gasteiger partial charge is 0.325 e. The molecule has 1 rings (SSSR count). The highest BCUT2D eigenvalue weighted by Crippen LogP contribution is 2.19. The molecule has 0 aliphatic rings. The highest BCUT2D eigenvalue weighted by atomic mass is 35.5. The molecule has 0 unspecified atom stereocenters. The summed E-state index contributed by atoms with van der Waals surface area (Å²) in [6.45, 7) is -0.435. The molecule has 0 radical (unpaired) electrons. The Morgan fingerprint density at radius 3 is 2.58 bits per heavy atom. The van der Waals surface area contributed by atoms with Crippen LogP contribution in [0.2, 0.25) is 5.02 Å². The van der Waals surface area contributed by atoms with E-state index >= 15 is 0 Å². The van der Waals surface area contributed by atoms with Gasteiger partial charge < -0.3 is 5.32 Å². The molecule has 0 saturated heterocycles. The zero-order valence-electron chi connectivity index (χ0n) is 10.3. The second-order valence-corrected chi connectivity index (χ2v) is 6.16. The lowest BCUT2D eigenvalue weighted by Gasteiger charge is -2.12. The predicted octanol–water partition coefficient (Wildman–Crippen LogP) is 0.814. The van der Waals surface area contributed by atoms with Gasteiger partial charge in [0.2, 0.25) is 5.91 Å². The summed E-state index contributed by atoms with van der Waals surface area (Å²) in [5, 5.41) is 2.25. The molecule has 19 heavy (non-hydrogen) atoms. The molecule has 1 amide bonds. The van der Waals surface area contributed by atoms with E-state index in [0.717, 1.165) is 10.4 Å². The van der Waals surface area contributed by atoms with Crippen molar-refractivity contribution >= 4 is 33.4 Å². The van der Waals surface area contributed by atoms with Gasteiger partial charge in [0.25, 0.3) is 10.2 Å². The van der Waals surface area contributed by atoms with Gasteiger partial charge in [-0.25, -0.2) is 4.39 Å². The standard InChI is InChI=1S/C10H13ClFN3O3S/c1-15(2)19(17,18)13-6-10(16)14-7-3-4-9(12)8(11)5-7/h3-5,13H,6H2,1-2H3,(H,14,16). The van der Waals surface area contributed by atoms with Gasteiger partial charge in [-0.3, -0.25) is 4.79 Å². The summed E-state index contributed by atoms with van der Waals surface area (Å²) in [5.74, 6) is -1.19. The Labute approximate surface area is 115 Å². The van der Waals surface area contributed by atoms with Gasteiger partial charge in [-0.1, -0.05) is 11.6 Å². The van der Waals surface area contributed by atoms with Crippen LogP contribution in [-0.4, -0.2) is 39.3 Å². The normalized spacial score (nSPS) is 11.6. The molecule has 0 atom stereocenters. The van der Waals surface area contributed by atoms with Crippen LogP contribution in [0.3, 0.4) is 0 Å². The fourth-order valence-electron chi connectivity index (χ4n) is 1.06. The first-order valence-electron chi connectivity index (χ1n) is 5.14. The number of benzene rings is 1. The van der Waals surface area contributed by atoms with E-state index < -0.39 is 28.5 Å². The summed E-state index contributed by atoms with van der Waals surface area (Å²) in [6.07, 6.45) is 0. The van der Waals surface area contributed by atoms with Gasteiger partial charge in [-0.2, -0.15) is 17.4 Å². The molecule has 0 spiro atoms. The van der Waals surface area contributed by atoms with Crippen LogP contribution < -0.4 is 10.0 Å². The average molecular weight is 310 g/mol. The molecule has 0 aromatic heterocycles. The zero-order valence-corrected chi connectivity index (χ0v) is 11.8. The Bertz CT molecular complexity index is 577. The number of nitrogens with one attached hydrogen (secondary N) is 2. The molecular formula is C10H13ClFN3O3S. The summed E-state index contributed by atoms with van der Waals surface area (Å²) >= 11 is 5.54. The number of hydrogen-bond donors (Lipinski definition) is 2. The SMILES string of the molecule is CN(C)S(=O)(=O)NCC(=O)Nc1ccc(F)c(Cl)c1. The number of carbonyl (C=O) groups is 1. The van der Waals surface area contributed by atoms with Crippen LogP contribution in [-0.2, 0) is 15.0 Å². The van der Waals surface area contributed by atoms with E-state index in [1.54, 1.807) is 0 Å². The Morgan fingerprint density at radius 2 is 2.05 bits per heavy atom. The lowest BCUT2D eigenvalue weighted by atomic mass is 10.3. The summed E-state index contributed by atoms with van der Waals surface area (Å²) in [7, 11) is -0.997. The molecular weight excluding hydrogens is 297 g/mol. The molecule has 0 aliphatic heterocycles. The Kier molecular flexibility index (Phi) is 5.24. The van der Waals surface area contributed by atoms with Crippen LogP contribution in [0.4, 0.5) is 10.1 Å². The number of nitrogens with zero attached hydrogens (tertiary/aromatic N) is 1. The van der Waals surface area contributed by atoms with Crippen molar-refractivity contribution in [3.63, 3.8) is 0 Å². The van der Waals surface area contributed by atoms with Crippen molar-refractivity contribution in [2.75, 3.05) is 26.0 Å². The van der Waals surface area contributed by atoms with Crippen molar-refractivity contribution in [1.29, 1.82) is 0 Å². The highest BCUT2D eigenvalue weighted by Gasteiger charge is 2.14. The number of rotatable bonds is 5. The molecule has 1 aromatic rings. The van der Waals surface area contributed by atoms with Gasteiger partial charge >= 0.3 is 0 Å². The number of amides is 1. The second kappa shape index (κ2) is 6.29. The molecule has 106 valence electrons. The van der Waals surface area contributed by atoms with Crippen molar-refractivity contribution in [2.45, 2.75) is 0 Å². The molecule has 0 fully saturated rings. The van der Waals surface area contributed by atoms with Gasteiger partial charge in [0.05, 0.1) is 11.6 Å². The summed E-state index contributed by atoms with van der Waals surface area (Å²) < 4.78 is 38.6. The van der Waals surface area contributed by atoms with E-state index in [2.05, 4.69) is 10.0 Å². The Balaban J connectivity index is 2.59. The third kappa shape index (κ3) is 4.75. The molecule has 0 aliphatic carbocycles.